The Balaban J connectivity index is 1.56. The van der Waals surface area contributed by atoms with Crippen LogP contribution in [0.5, 0.6) is 0 Å². The first-order valence-corrected chi connectivity index (χ1v) is 8.30. The van der Waals surface area contributed by atoms with Crippen LogP contribution in [0.4, 0.5) is 8.78 Å². The Kier molecular flexibility index (Phi) is 5.29. The van der Waals surface area contributed by atoms with Crippen LogP contribution in [0.1, 0.15) is 43.1 Å². The van der Waals surface area contributed by atoms with Crippen LogP contribution in [0.15, 0.2) is 12.1 Å². The smallest absolute Gasteiger partial charge is 0.184 e. The molecule has 0 amide bonds. The van der Waals surface area contributed by atoms with Crippen molar-refractivity contribution in [1.82, 2.24) is 0 Å². The number of methoxy groups -OCH3 is 1. The SMILES string of the molecule is COC1CCC(C2COC(c3cc(F)c(C)c(F)c3)OC2)CC1. The zero-order valence-electron chi connectivity index (χ0n) is 13.7. The summed E-state index contributed by atoms with van der Waals surface area (Å²) in [7, 11) is 1.77. The van der Waals surface area contributed by atoms with Gasteiger partial charge >= 0.3 is 0 Å². The minimum Gasteiger partial charge on any atom is -0.381 e. The molecule has 23 heavy (non-hydrogen) atoms. The summed E-state index contributed by atoms with van der Waals surface area (Å²) in [4.78, 5) is 0. The van der Waals surface area contributed by atoms with Crippen LogP contribution >= 0.6 is 0 Å². The van der Waals surface area contributed by atoms with Gasteiger partial charge in [-0.05, 0) is 50.7 Å². The lowest BCUT2D eigenvalue weighted by atomic mass is 9.79. The average Bonchev–Trinajstić information content (AvgIpc) is 2.59. The van der Waals surface area contributed by atoms with Gasteiger partial charge in [0.1, 0.15) is 11.6 Å². The molecule has 1 heterocycles. The van der Waals surface area contributed by atoms with Gasteiger partial charge in [-0.25, -0.2) is 8.78 Å². The van der Waals surface area contributed by atoms with Gasteiger partial charge < -0.3 is 14.2 Å². The monoisotopic (exact) mass is 326 g/mol. The van der Waals surface area contributed by atoms with Gasteiger partial charge in [0, 0.05) is 24.2 Å². The van der Waals surface area contributed by atoms with Crippen LogP contribution in [0, 0.1) is 30.4 Å². The Morgan fingerprint density at radius 1 is 0.957 bits per heavy atom. The van der Waals surface area contributed by atoms with E-state index < -0.39 is 17.9 Å². The summed E-state index contributed by atoms with van der Waals surface area (Å²) < 4.78 is 44.2. The fraction of sp³-hybridized carbons (Fsp3) is 0.667. The summed E-state index contributed by atoms with van der Waals surface area (Å²) in [5, 5.41) is 0. The van der Waals surface area contributed by atoms with Gasteiger partial charge in [-0.2, -0.15) is 0 Å². The molecule has 2 aliphatic rings. The molecule has 0 radical (unpaired) electrons. The van der Waals surface area contributed by atoms with Gasteiger partial charge in [-0.1, -0.05) is 0 Å². The normalized spacial score (nSPS) is 32.0. The summed E-state index contributed by atoms with van der Waals surface area (Å²) in [6.45, 7) is 2.57. The van der Waals surface area contributed by atoms with Crippen LogP contribution in [-0.4, -0.2) is 26.4 Å². The molecule has 5 heteroatoms. The largest absolute Gasteiger partial charge is 0.381 e. The molecule has 0 N–H and O–H groups in total. The molecule has 1 saturated heterocycles. The molecule has 128 valence electrons. The second-order valence-electron chi connectivity index (χ2n) is 6.64. The van der Waals surface area contributed by atoms with Crippen molar-refractivity contribution in [1.29, 1.82) is 0 Å². The van der Waals surface area contributed by atoms with Gasteiger partial charge in [-0.15, -0.1) is 0 Å². The van der Waals surface area contributed by atoms with Crippen molar-refractivity contribution in [2.75, 3.05) is 20.3 Å². The Hall–Kier alpha value is -1.04. The maximum atomic E-state index is 13.7. The molecule has 1 aromatic rings. The number of ether oxygens (including phenoxy) is 3. The molecular formula is C18H24F2O3. The zero-order chi connectivity index (χ0) is 16.4. The Labute approximate surface area is 135 Å². The third-order valence-electron chi connectivity index (χ3n) is 5.22. The summed E-state index contributed by atoms with van der Waals surface area (Å²) in [5.74, 6) is -0.197. The van der Waals surface area contributed by atoms with E-state index in [0.29, 0.717) is 36.7 Å². The molecule has 1 aliphatic carbocycles. The lowest BCUT2D eigenvalue weighted by Gasteiger charge is -2.37. The number of halogens is 2. The van der Waals surface area contributed by atoms with Crippen LogP contribution in [0.2, 0.25) is 0 Å². The van der Waals surface area contributed by atoms with Crippen molar-refractivity contribution in [3.05, 3.63) is 34.9 Å². The molecular weight excluding hydrogens is 302 g/mol. The van der Waals surface area contributed by atoms with Crippen molar-refractivity contribution in [3.8, 4) is 0 Å². The molecule has 0 spiro atoms. The number of benzene rings is 1. The summed E-state index contributed by atoms with van der Waals surface area (Å²) in [5.41, 5.74) is 0.435. The van der Waals surface area contributed by atoms with E-state index in [1.807, 2.05) is 0 Å². The van der Waals surface area contributed by atoms with Gasteiger partial charge in [-0.3, -0.25) is 0 Å². The second-order valence-corrected chi connectivity index (χ2v) is 6.64. The Morgan fingerprint density at radius 2 is 1.52 bits per heavy atom. The molecule has 0 unspecified atom stereocenters. The maximum Gasteiger partial charge on any atom is 0.184 e. The molecule has 0 atom stereocenters. The summed E-state index contributed by atoms with van der Waals surface area (Å²) in [6.07, 6.45) is 4.10. The van der Waals surface area contributed by atoms with E-state index in [4.69, 9.17) is 14.2 Å². The lowest BCUT2D eigenvalue weighted by molar-refractivity contribution is -0.215. The molecule has 0 aromatic heterocycles. The Bertz CT molecular complexity index is 510. The molecule has 1 aliphatic heterocycles. The van der Waals surface area contributed by atoms with Crippen molar-refractivity contribution in [3.63, 3.8) is 0 Å². The van der Waals surface area contributed by atoms with E-state index in [9.17, 15) is 8.78 Å². The third kappa shape index (κ3) is 3.73. The first-order valence-electron chi connectivity index (χ1n) is 8.30. The highest BCUT2D eigenvalue weighted by molar-refractivity contribution is 5.26. The third-order valence-corrected chi connectivity index (χ3v) is 5.22. The molecule has 2 fully saturated rings. The molecule has 1 aromatic carbocycles. The fourth-order valence-electron chi connectivity index (χ4n) is 3.58. The minimum absolute atomic E-state index is 0.0253. The van der Waals surface area contributed by atoms with E-state index in [1.54, 1.807) is 7.11 Å². The number of rotatable bonds is 3. The van der Waals surface area contributed by atoms with E-state index in [-0.39, 0.29) is 5.56 Å². The van der Waals surface area contributed by atoms with Gasteiger partial charge in [0.15, 0.2) is 6.29 Å². The van der Waals surface area contributed by atoms with Crippen molar-refractivity contribution >= 4 is 0 Å². The maximum absolute atomic E-state index is 13.7. The van der Waals surface area contributed by atoms with E-state index in [1.165, 1.54) is 19.1 Å². The highest BCUT2D eigenvalue weighted by atomic mass is 19.1. The van der Waals surface area contributed by atoms with E-state index in [0.717, 1.165) is 25.7 Å². The predicted octanol–water partition coefficient (Wildman–Crippen LogP) is 4.14. The number of hydrogen-bond acceptors (Lipinski definition) is 3. The standard InChI is InChI=1S/C18H24F2O3/c1-11-16(19)7-13(8-17(11)20)18-22-9-14(10-23-18)12-3-5-15(21-2)6-4-12/h7-8,12,14-15,18H,3-6,9-10H2,1-2H3. The fourth-order valence-corrected chi connectivity index (χ4v) is 3.58. The molecule has 0 bridgehead atoms. The quantitative estimate of drug-likeness (QED) is 0.835. The highest BCUT2D eigenvalue weighted by Crippen LogP contribution is 2.36. The van der Waals surface area contributed by atoms with E-state index >= 15 is 0 Å². The first-order chi connectivity index (χ1) is 11.1. The minimum atomic E-state index is -0.675. The van der Waals surface area contributed by atoms with Gasteiger partial charge in [0.05, 0.1) is 19.3 Å². The van der Waals surface area contributed by atoms with Crippen LogP contribution in [0.3, 0.4) is 0 Å². The van der Waals surface area contributed by atoms with Crippen molar-refractivity contribution < 1.29 is 23.0 Å². The van der Waals surface area contributed by atoms with Crippen LogP contribution < -0.4 is 0 Å². The van der Waals surface area contributed by atoms with Crippen LogP contribution in [-0.2, 0) is 14.2 Å². The topological polar surface area (TPSA) is 27.7 Å². The first kappa shape index (κ1) is 16.8. The summed E-state index contributed by atoms with van der Waals surface area (Å²) in [6, 6.07) is 2.60. The average molecular weight is 326 g/mol. The molecule has 1 saturated carbocycles. The second kappa shape index (κ2) is 7.24. The lowest BCUT2D eigenvalue weighted by Crippen LogP contribution is -2.35. The number of hydrogen-bond donors (Lipinski definition) is 0. The van der Waals surface area contributed by atoms with Gasteiger partial charge in [0.2, 0.25) is 0 Å². The van der Waals surface area contributed by atoms with Crippen molar-refractivity contribution in [2.24, 2.45) is 11.8 Å². The molecule has 3 rings (SSSR count). The zero-order valence-corrected chi connectivity index (χ0v) is 13.7. The van der Waals surface area contributed by atoms with Crippen LogP contribution in [0.25, 0.3) is 0 Å². The highest BCUT2D eigenvalue weighted by Gasteiger charge is 2.32. The van der Waals surface area contributed by atoms with Crippen molar-refractivity contribution in [2.45, 2.75) is 45.0 Å². The summed E-state index contributed by atoms with van der Waals surface area (Å²) >= 11 is 0. The Morgan fingerprint density at radius 3 is 2.04 bits per heavy atom. The predicted molar refractivity (Wildman–Crippen MR) is 82.0 cm³/mol. The van der Waals surface area contributed by atoms with E-state index in [2.05, 4.69) is 0 Å². The molecule has 3 nitrogen and oxygen atoms in total. The van der Waals surface area contributed by atoms with Gasteiger partial charge in [0.25, 0.3) is 0 Å².